The molecule has 12 heavy (non-hydrogen) atoms. The SMILES string of the molecule is C=C(C)C(=C(C)C)C(O)C(C)C. The van der Waals surface area contributed by atoms with Crippen LogP contribution < -0.4 is 0 Å². The Morgan fingerprint density at radius 3 is 1.67 bits per heavy atom. The Bertz CT molecular complexity index is 195. The average Bonchev–Trinajstić information content (AvgIpc) is 1.85. The molecule has 0 saturated carbocycles. The first kappa shape index (κ1) is 11.4. The van der Waals surface area contributed by atoms with Crippen LogP contribution in [0.5, 0.6) is 0 Å². The number of aliphatic hydroxyl groups is 1. The van der Waals surface area contributed by atoms with Crippen molar-refractivity contribution in [2.75, 3.05) is 0 Å². The minimum Gasteiger partial charge on any atom is -0.388 e. The Kier molecular flexibility index (Phi) is 4.25. The molecular formula is C11H20O. The summed E-state index contributed by atoms with van der Waals surface area (Å²) in [6.07, 6.45) is -0.368. The van der Waals surface area contributed by atoms with Crippen molar-refractivity contribution in [3.05, 3.63) is 23.3 Å². The second kappa shape index (κ2) is 4.46. The highest BCUT2D eigenvalue weighted by Crippen LogP contribution is 2.21. The fourth-order valence-corrected chi connectivity index (χ4v) is 1.31. The number of hydrogen-bond acceptors (Lipinski definition) is 1. The smallest absolute Gasteiger partial charge is 0.0814 e. The van der Waals surface area contributed by atoms with Crippen LogP contribution in [-0.2, 0) is 0 Å². The maximum Gasteiger partial charge on any atom is 0.0814 e. The molecule has 0 aliphatic rings. The molecule has 0 amide bonds. The van der Waals surface area contributed by atoms with Crippen LogP contribution in [0, 0.1) is 5.92 Å². The van der Waals surface area contributed by atoms with Crippen LogP contribution in [-0.4, -0.2) is 11.2 Å². The third-order valence-corrected chi connectivity index (χ3v) is 1.93. The first-order valence-corrected chi connectivity index (χ1v) is 4.39. The van der Waals surface area contributed by atoms with Gasteiger partial charge in [0.15, 0.2) is 0 Å². The quantitative estimate of drug-likeness (QED) is 0.642. The van der Waals surface area contributed by atoms with Crippen LogP contribution in [0.25, 0.3) is 0 Å². The Morgan fingerprint density at radius 2 is 1.58 bits per heavy atom. The molecule has 0 bridgehead atoms. The molecule has 0 radical (unpaired) electrons. The van der Waals surface area contributed by atoms with E-state index in [1.54, 1.807) is 0 Å². The summed E-state index contributed by atoms with van der Waals surface area (Å²) in [6.45, 7) is 13.8. The van der Waals surface area contributed by atoms with Gasteiger partial charge in [-0.15, -0.1) is 0 Å². The average molecular weight is 168 g/mol. The van der Waals surface area contributed by atoms with E-state index in [-0.39, 0.29) is 12.0 Å². The third-order valence-electron chi connectivity index (χ3n) is 1.93. The molecule has 70 valence electrons. The van der Waals surface area contributed by atoms with Crippen molar-refractivity contribution in [1.29, 1.82) is 0 Å². The minimum absolute atomic E-state index is 0.256. The summed E-state index contributed by atoms with van der Waals surface area (Å²) >= 11 is 0. The molecule has 1 nitrogen and oxygen atoms in total. The predicted molar refractivity (Wildman–Crippen MR) is 54.0 cm³/mol. The van der Waals surface area contributed by atoms with Crippen molar-refractivity contribution in [2.45, 2.75) is 40.7 Å². The number of hydrogen-bond donors (Lipinski definition) is 1. The van der Waals surface area contributed by atoms with Gasteiger partial charge in [-0.25, -0.2) is 0 Å². The van der Waals surface area contributed by atoms with E-state index < -0.39 is 0 Å². The van der Waals surface area contributed by atoms with Crippen molar-refractivity contribution in [2.24, 2.45) is 5.92 Å². The fourth-order valence-electron chi connectivity index (χ4n) is 1.31. The Hall–Kier alpha value is -0.560. The standard InChI is InChI=1S/C11H20O/c1-7(2)10(8(3)4)11(12)9(5)6/h9,11-12H,1H2,2-6H3. The second-order valence-electron chi connectivity index (χ2n) is 3.88. The highest BCUT2D eigenvalue weighted by molar-refractivity contribution is 5.33. The van der Waals surface area contributed by atoms with E-state index in [4.69, 9.17) is 0 Å². The molecule has 0 rings (SSSR count). The van der Waals surface area contributed by atoms with E-state index in [0.717, 1.165) is 16.7 Å². The van der Waals surface area contributed by atoms with Crippen LogP contribution in [0.3, 0.4) is 0 Å². The van der Waals surface area contributed by atoms with Crippen LogP contribution >= 0.6 is 0 Å². The maximum absolute atomic E-state index is 9.81. The van der Waals surface area contributed by atoms with Gasteiger partial charge in [0, 0.05) is 0 Å². The van der Waals surface area contributed by atoms with Gasteiger partial charge in [0.1, 0.15) is 0 Å². The first-order chi connectivity index (χ1) is 5.37. The van der Waals surface area contributed by atoms with E-state index in [0.29, 0.717) is 0 Å². The van der Waals surface area contributed by atoms with E-state index in [9.17, 15) is 5.11 Å². The van der Waals surface area contributed by atoms with Crippen molar-refractivity contribution in [3.63, 3.8) is 0 Å². The zero-order valence-corrected chi connectivity index (χ0v) is 8.81. The Labute approximate surface area is 75.8 Å². The van der Waals surface area contributed by atoms with Crippen molar-refractivity contribution < 1.29 is 5.11 Å². The summed E-state index contributed by atoms with van der Waals surface area (Å²) < 4.78 is 0. The van der Waals surface area contributed by atoms with Crippen molar-refractivity contribution in [3.8, 4) is 0 Å². The van der Waals surface area contributed by atoms with Gasteiger partial charge in [-0.2, -0.15) is 0 Å². The van der Waals surface area contributed by atoms with E-state index in [2.05, 4.69) is 6.58 Å². The van der Waals surface area contributed by atoms with Crippen molar-refractivity contribution >= 4 is 0 Å². The summed E-state index contributed by atoms with van der Waals surface area (Å²) in [6, 6.07) is 0. The third kappa shape index (κ3) is 2.82. The predicted octanol–water partition coefficient (Wildman–Crippen LogP) is 2.92. The summed E-state index contributed by atoms with van der Waals surface area (Å²) in [7, 11) is 0. The molecule has 1 N–H and O–H groups in total. The van der Waals surface area contributed by atoms with Gasteiger partial charge in [-0.1, -0.05) is 31.6 Å². The monoisotopic (exact) mass is 168 g/mol. The zero-order valence-electron chi connectivity index (χ0n) is 8.81. The fraction of sp³-hybridized carbons (Fsp3) is 0.636. The van der Waals surface area contributed by atoms with Gasteiger partial charge >= 0.3 is 0 Å². The topological polar surface area (TPSA) is 20.2 Å². The van der Waals surface area contributed by atoms with Gasteiger partial charge in [0.25, 0.3) is 0 Å². The summed E-state index contributed by atoms with van der Waals surface area (Å²) in [5.74, 6) is 0.256. The second-order valence-corrected chi connectivity index (χ2v) is 3.88. The number of rotatable bonds is 3. The molecule has 0 aromatic rings. The first-order valence-electron chi connectivity index (χ1n) is 4.39. The maximum atomic E-state index is 9.81. The summed E-state index contributed by atoms with van der Waals surface area (Å²) in [5.41, 5.74) is 3.13. The molecule has 0 aromatic heterocycles. The van der Waals surface area contributed by atoms with Gasteiger partial charge in [0.05, 0.1) is 6.10 Å². The van der Waals surface area contributed by atoms with Crippen LogP contribution in [0.4, 0.5) is 0 Å². The van der Waals surface area contributed by atoms with Crippen LogP contribution in [0.15, 0.2) is 23.3 Å². The van der Waals surface area contributed by atoms with E-state index >= 15 is 0 Å². The molecule has 0 saturated heterocycles. The van der Waals surface area contributed by atoms with Gasteiger partial charge in [0.2, 0.25) is 0 Å². The molecule has 0 heterocycles. The summed E-state index contributed by atoms with van der Waals surface area (Å²) in [4.78, 5) is 0. The van der Waals surface area contributed by atoms with Gasteiger partial charge in [-0.3, -0.25) is 0 Å². The van der Waals surface area contributed by atoms with Gasteiger partial charge in [-0.05, 0) is 32.3 Å². The Morgan fingerprint density at radius 1 is 1.17 bits per heavy atom. The highest BCUT2D eigenvalue weighted by atomic mass is 16.3. The lowest BCUT2D eigenvalue weighted by molar-refractivity contribution is 0.161. The lowest BCUT2D eigenvalue weighted by atomic mass is 9.91. The normalized spacial score (nSPS) is 12.9. The molecule has 0 aliphatic heterocycles. The zero-order chi connectivity index (χ0) is 9.89. The van der Waals surface area contributed by atoms with Crippen LogP contribution in [0.1, 0.15) is 34.6 Å². The van der Waals surface area contributed by atoms with Crippen molar-refractivity contribution in [1.82, 2.24) is 0 Å². The van der Waals surface area contributed by atoms with Crippen LogP contribution in [0.2, 0.25) is 0 Å². The molecular weight excluding hydrogens is 148 g/mol. The number of aliphatic hydroxyl groups excluding tert-OH is 1. The Balaban J connectivity index is 4.79. The molecule has 0 aliphatic carbocycles. The molecule has 1 heteroatoms. The largest absolute Gasteiger partial charge is 0.388 e. The number of allylic oxidation sites excluding steroid dienone is 1. The molecule has 0 spiro atoms. The highest BCUT2D eigenvalue weighted by Gasteiger charge is 2.16. The molecule has 1 atom stereocenters. The lowest BCUT2D eigenvalue weighted by Crippen LogP contribution is -2.19. The molecule has 0 aromatic carbocycles. The molecule has 0 fully saturated rings. The van der Waals surface area contributed by atoms with E-state index in [1.807, 2.05) is 34.6 Å². The van der Waals surface area contributed by atoms with Gasteiger partial charge < -0.3 is 5.11 Å². The van der Waals surface area contributed by atoms with E-state index in [1.165, 1.54) is 0 Å². The summed E-state index contributed by atoms with van der Waals surface area (Å²) in [5, 5.41) is 9.81. The lowest BCUT2D eigenvalue weighted by Gasteiger charge is -2.20. The minimum atomic E-state index is -0.368. The molecule has 1 unspecified atom stereocenters.